The standard InChI is InChI=1S/C26H31N7O3S/c1-4-5-13-28-25(34)30-18-8-6-17(7-9-18)12-14-33-16-29-23(27)22-24(33)32-26(31-22)37-21-15-19(35-2)10-11-20(21)36-3/h6-11,15-16,27H,4-5,12-14H2,1-3H3,(H,31,32)(H2,28,30,34). The summed E-state index contributed by atoms with van der Waals surface area (Å²) >= 11 is 1.40. The molecule has 2 aromatic carbocycles. The van der Waals surface area contributed by atoms with Crippen LogP contribution in [0.2, 0.25) is 0 Å². The number of nitrogens with zero attached hydrogens (tertiary/aromatic N) is 3. The largest absolute Gasteiger partial charge is 0.497 e. The van der Waals surface area contributed by atoms with Crippen molar-refractivity contribution in [3.63, 3.8) is 0 Å². The van der Waals surface area contributed by atoms with Crippen LogP contribution in [-0.2, 0) is 13.0 Å². The Kier molecular flexibility index (Phi) is 8.68. The number of aromatic amines is 1. The van der Waals surface area contributed by atoms with Gasteiger partial charge in [-0.25, -0.2) is 14.8 Å². The average molecular weight is 522 g/mol. The highest BCUT2D eigenvalue weighted by Gasteiger charge is 2.14. The van der Waals surface area contributed by atoms with Gasteiger partial charge in [0.15, 0.2) is 16.3 Å². The Bertz CT molecular complexity index is 1420. The summed E-state index contributed by atoms with van der Waals surface area (Å²) in [4.78, 5) is 25.0. The van der Waals surface area contributed by atoms with Gasteiger partial charge in [0.2, 0.25) is 0 Å². The van der Waals surface area contributed by atoms with Crippen molar-refractivity contribution >= 4 is 34.6 Å². The van der Waals surface area contributed by atoms with E-state index in [4.69, 9.17) is 19.9 Å². The number of benzene rings is 2. The summed E-state index contributed by atoms with van der Waals surface area (Å²) < 4.78 is 12.8. The first-order valence-corrected chi connectivity index (χ1v) is 12.9. The number of fused-ring (bicyclic) bond motifs is 1. The van der Waals surface area contributed by atoms with Gasteiger partial charge in [0.05, 0.1) is 25.4 Å². The van der Waals surface area contributed by atoms with Crippen molar-refractivity contribution in [1.82, 2.24) is 24.8 Å². The summed E-state index contributed by atoms with van der Waals surface area (Å²) in [7, 11) is 3.24. The van der Waals surface area contributed by atoms with E-state index in [0.29, 0.717) is 35.2 Å². The molecule has 0 aliphatic rings. The number of aryl methyl sites for hydroxylation is 2. The second kappa shape index (κ2) is 12.3. The summed E-state index contributed by atoms with van der Waals surface area (Å²) in [5, 5.41) is 14.6. The Labute approximate surface area is 219 Å². The van der Waals surface area contributed by atoms with Crippen molar-refractivity contribution in [2.75, 3.05) is 26.1 Å². The fourth-order valence-corrected chi connectivity index (χ4v) is 4.62. The Morgan fingerprint density at radius 2 is 1.97 bits per heavy atom. The van der Waals surface area contributed by atoms with Crippen molar-refractivity contribution in [3.8, 4) is 11.5 Å². The lowest BCUT2D eigenvalue weighted by Crippen LogP contribution is -2.29. The van der Waals surface area contributed by atoms with Gasteiger partial charge in [0.1, 0.15) is 17.0 Å². The first-order chi connectivity index (χ1) is 18.0. The van der Waals surface area contributed by atoms with Gasteiger partial charge in [0, 0.05) is 18.8 Å². The monoisotopic (exact) mass is 521 g/mol. The second-order valence-corrected chi connectivity index (χ2v) is 9.36. The van der Waals surface area contributed by atoms with Crippen molar-refractivity contribution in [2.45, 2.75) is 42.8 Å². The predicted molar refractivity (Wildman–Crippen MR) is 143 cm³/mol. The number of aromatic nitrogens is 4. The third kappa shape index (κ3) is 6.62. The smallest absolute Gasteiger partial charge is 0.319 e. The first-order valence-electron chi connectivity index (χ1n) is 12.0. The average Bonchev–Trinajstić information content (AvgIpc) is 3.34. The molecule has 0 saturated carbocycles. The maximum absolute atomic E-state index is 11.9. The van der Waals surface area contributed by atoms with Gasteiger partial charge < -0.3 is 29.7 Å². The number of carbonyl (C=O) groups is 1. The van der Waals surface area contributed by atoms with Crippen LogP contribution in [0.15, 0.2) is 58.8 Å². The molecule has 4 aromatic rings. The van der Waals surface area contributed by atoms with Crippen LogP contribution in [0.1, 0.15) is 25.3 Å². The molecule has 0 aliphatic heterocycles. The van der Waals surface area contributed by atoms with Crippen molar-refractivity contribution in [3.05, 3.63) is 59.8 Å². The van der Waals surface area contributed by atoms with Crippen LogP contribution in [0.3, 0.4) is 0 Å². The minimum Gasteiger partial charge on any atom is -0.497 e. The molecule has 0 aliphatic carbocycles. The number of methoxy groups -OCH3 is 2. The van der Waals surface area contributed by atoms with E-state index in [1.165, 1.54) is 11.8 Å². The summed E-state index contributed by atoms with van der Waals surface area (Å²) in [6.45, 7) is 3.38. The fraction of sp³-hybridized carbons (Fsp3) is 0.308. The maximum atomic E-state index is 11.9. The highest BCUT2D eigenvalue weighted by Crippen LogP contribution is 2.36. The minimum absolute atomic E-state index is 0.135. The van der Waals surface area contributed by atoms with Gasteiger partial charge in [-0.3, -0.25) is 5.41 Å². The summed E-state index contributed by atoms with van der Waals surface area (Å²) in [5.74, 6) is 1.43. The van der Waals surface area contributed by atoms with Crippen LogP contribution >= 0.6 is 11.8 Å². The van der Waals surface area contributed by atoms with Crippen LogP contribution in [-0.4, -0.2) is 46.3 Å². The number of imidazole rings is 1. The van der Waals surface area contributed by atoms with Crippen LogP contribution in [0, 0.1) is 5.41 Å². The molecule has 0 radical (unpaired) electrons. The zero-order chi connectivity index (χ0) is 26.2. The molecule has 0 saturated heterocycles. The molecule has 194 valence electrons. The van der Waals surface area contributed by atoms with E-state index in [1.807, 2.05) is 47.0 Å². The van der Waals surface area contributed by atoms with Crippen molar-refractivity contribution < 1.29 is 14.3 Å². The molecular formula is C26H31N7O3S. The second-order valence-electron chi connectivity index (χ2n) is 8.33. The Morgan fingerprint density at radius 3 is 2.70 bits per heavy atom. The normalized spacial score (nSPS) is 10.9. The first kappa shape index (κ1) is 26.1. The van der Waals surface area contributed by atoms with Gasteiger partial charge >= 0.3 is 6.03 Å². The summed E-state index contributed by atoms with van der Waals surface area (Å²) in [5.41, 5.74) is 3.22. The Hall–Kier alpha value is -3.99. The molecular weight excluding hydrogens is 490 g/mol. The molecule has 0 atom stereocenters. The summed E-state index contributed by atoms with van der Waals surface area (Å²) in [6.07, 6.45) is 4.37. The predicted octanol–water partition coefficient (Wildman–Crippen LogP) is 4.57. The van der Waals surface area contributed by atoms with E-state index >= 15 is 0 Å². The highest BCUT2D eigenvalue weighted by molar-refractivity contribution is 7.99. The number of hydrogen-bond acceptors (Lipinski definition) is 7. The molecule has 4 rings (SSSR count). The van der Waals surface area contributed by atoms with Gasteiger partial charge in [-0.2, -0.15) is 0 Å². The number of rotatable bonds is 11. The number of amides is 2. The molecule has 2 aromatic heterocycles. The molecule has 0 fully saturated rings. The number of hydrogen-bond donors (Lipinski definition) is 4. The van der Waals surface area contributed by atoms with E-state index in [1.54, 1.807) is 20.5 Å². The van der Waals surface area contributed by atoms with E-state index in [0.717, 1.165) is 41.2 Å². The Balaban J connectivity index is 1.46. The zero-order valence-electron chi connectivity index (χ0n) is 21.1. The van der Waals surface area contributed by atoms with Gasteiger partial charge in [-0.15, -0.1) is 0 Å². The SMILES string of the molecule is CCCCNC(=O)Nc1ccc(CCn2cnc(=N)c3[nH]c(Sc4cc(OC)ccc4OC)nc32)cc1. The molecule has 0 unspecified atom stereocenters. The van der Waals surface area contributed by atoms with E-state index in [9.17, 15) is 4.79 Å². The minimum atomic E-state index is -0.195. The molecule has 0 spiro atoms. The zero-order valence-corrected chi connectivity index (χ0v) is 21.9. The number of urea groups is 1. The van der Waals surface area contributed by atoms with Crippen LogP contribution in [0.4, 0.5) is 10.5 Å². The van der Waals surface area contributed by atoms with E-state index < -0.39 is 0 Å². The number of anilines is 1. The number of carbonyl (C=O) groups excluding carboxylic acids is 1. The molecule has 2 heterocycles. The molecule has 0 bridgehead atoms. The van der Waals surface area contributed by atoms with Crippen LogP contribution < -0.4 is 25.6 Å². The molecule has 10 nitrogen and oxygen atoms in total. The molecule has 11 heteroatoms. The van der Waals surface area contributed by atoms with Gasteiger partial charge in [0.25, 0.3) is 0 Å². The third-order valence-electron chi connectivity index (χ3n) is 5.74. The number of unbranched alkanes of at least 4 members (excludes halogenated alkanes) is 1. The van der Waals surface area contributed by atoms with Crippen molar-refractivity contribution in [2.24, 2.45) is 0 Å². The quantitative estimate of drug-likeness (QED) is 0.214. The lowest BCUT2D eigenvalue weighted by Gasteiger charge is -2.09. The lowest BCUT2D eigenvalue weighted by molar-refractivity contribution is 0.252. The fourth-order valence-electron chi connectivity index (χ4n) is 3.70. The van der Waals surface area contributed by atoms with Gasteiger partial charge in [-0.05, 0) is 60.5 Å². The molecule has 37 heavy (non-hydrogen) atoms. The number of ether oxygens (including phenoxy) is 2. The van der Waals surface area contributed by atoms with E-state index in [-0.39, 0.29) is 11.5 Å². The third-order valence-corrected chi connectivity index (χ3v) is 6.67. The van der Waals surface area contributed by atoms with Crippen LogP contribution in [0.25, 0.3) is 11.2 Å². The summed E-state index contributed by atoms with van der Waals surface area (Å²) in [6, 6.07) is 13.2. The molecule has 2 amide bonds. The van der Waals surface area contributed by atoms with Gasteiger partial charge in [-0.1, -0.05) is 25.5 Å². The highest BCUT2D eigenvalue weighted by atomic mass is 32.2. The molecule has 4 N–H and O–H groups in total. The topological polar surface area (TPSA) is 130 Å². The lowest BCUT2D eigenvalue weighted by atomic mass is 10.1. The van der Waals surface area contributed by atoms with E-state index in [2.05, 4.69) is 27.5 Å². The maximum Gasteiger partial charge on any atom is 0.319 e. The Morgan fingerprint density at radius 1 is 1.16 bits per heavy atom. The number of nitrogens with one attached hydrogen (secondary N) is 4. The van der Waals surface area contributed by atoms with Crippen LogP contribution in [0.5, 0.6) is 11.5 Å². The van der Waals surface area contributed by atoms with Crippen molar-refractivity contribution in [1.29, 1.82) is 5.41 Å². The number of H-pyrrole nitrogens is 1.